The van der Waals surface area contributed by atoms with Crippen molar-refractivity contribution in [1.82, 2.24) is 0 Å². The zero-order chi connectivity index (χ0) is 25.3. The van der Waals surface area contributed by atoms with E-state index in [1.165, 1.54) is 0 Å². The van der Waals surface area contributed by atoms with E-state index in [9.17, 15) is 10.1 Å². The first-order valence-electron chi connectivity index (χ1n) is 10.9. The Morgan fingerprint density at radius 3 is 2.24 bits per heavy atom. The van der Waals surface area contributed by atoms with E-state index in [-0.39, 0.29) is 17.4 Å². The first kappa shape index (κ1) is 27.4. The van der Waals surface area contributed by atoms with Crippen LogP contribution >= 0.6 is 47.8 Å². The molecule has 0 aromatic heterocycles. The SMILES string of the molecule is CC1(C)[C@H](C(=O)OC(C#N)c2cccc(Oc3ccccc3)c2)[C@@H]1C(O[Si](C)(C)C)C(Br)(Br)Br. The van der Waals surface area contributed by atoms with Crippen molar-refractivity contribution < 1.29 is 18.7 Å². The molecular weight excluding hydrogens is 646 g/mol. The number of esters is 1. The molecule has 1 fully saturated rings. The number of nitriles is 1. The number of hydrogen-bond acceptors (Lipinski definition) is 5. The van der Waals surface area contributed by atoms with Gasteiger partial charge in [0, 0.05) is 11.5 Å². The summed E-state index contributed by atoms with van der Waals surface area (Å²) < 4.78 is 17.4. The van der Waals surface area contributed by atoms with Gasteiger partial charge in [0.2, 0.25) is 6.10 Å². The normalized spacial score (nSPS) is 21.1. The van der Waals surface area contributed by atoms with Gasteiger partial charge in [0.1, 0.15) is 17.6 Å². The average Bonchev–Trinajstić information content (AvgIpc) is 3.31. The number of para-hydroxylation sites is 1. The Labute approximate surface area is 227 Å². The van der Waals surface area contributed by atoms with Crippen LogP contribution in [0.2, 0.25) is 19.6 Å². The Kier molecular flexibility index (Phi) is 8.41. The van der Waals surface area contributed by atoms with Gasteiger partial charge in [-0.2, -0.15) is 5.26 Å². The number of rotatable bonds is 8. The minimum atomic E-state index is -1.92. The first-order chi connectivity index (χ1) is 15.7. The van der Waals surface area contributed by atoms with Gasteiger partial charge in [-0.3, -0.25) is 4.79 Å². The van der Waals surface area contributed by atoms with Crippen molar-refractivity contribution in [1.29, 1.82) is 5.26 Å². The van der Waals surface area contributed by atoms with Gasteiger partial charge in [-0.1, -0.05) is 92.0 Å². The summed E-state index contributed by atoms with van der Waals surface area (Å²) in [6, 6.07) is 18.5. The number of alkyl halides is 3. The monoisotopic (exact) mass is 671 g/mol. The number of benzene rings is 2. The highest BCUT2D eigenvalue weighted by molar-refractivity contribution is 9.39. The Bertz CT molecular complexity index is 1060. The van der Waals surface area contributed by atoms with E-state index < -0.39 is 28.5 Å². The molecule has 0 spiro atoms. The summed E-state index contributed by atoms with van der Waals surface area (Å²) >= 11 is 10.8. The molecule has 4 atom stereocenters. The van der Waals surface area contributed by atoms with Gasteiger partial charge in [0.15, 0.2) is 10.5 Å². The van der Waals surface area contributed by atoms with Crippen LogP contribution in [-0.2, 0) is 14.0 Å². The van der Waals surface area contributed by atoms with Gasteiger partial charge in [-0.05, 0) is 49.3 Å². The van der Waals surface area contributed by atoms with Crippen molar-refractivity contribution in [2.24, 2.45) is 17.3 Å². The lowest BCUT2D eigenvalue weighted by Gasteiger charge is -2.33. The summed E-state index contributed by atoms with van der Waals surface area (Å²) in [6.45, 7) is 10.4. The van der Waals surface area contributed by atoms with Crippen LogP contribution in [0.25, 0.3) is 0 Å². The van der Waals surface area contributed by atoms with E-state index in [0.717, 1.165) is 0 Å². The van der Waals surface area contributed by atoms with E-state index in [2.05, 4.69) is 73.5 Å². The van der Waals surface area contributed by atoms with E-state index in [0.29, 0.717) is 17.1 Å². The van der Waals surface area contributed by atoms with Crippen molar-refractivity contribution >= 4 is 62.1 Å². The lowest BCUT2D eigenvalue weighted by molar-refractivity contribution is -0.149. The fourth-order valence-corrected chi connectivity index (χ4v) is 6.88. The van der Waals surface area contributed by atoms with E-state index in [1.54, 1.807) is 24.3 Å². The highest BCUT2D eigenvalue weighted by atomic mass is 80.0. The Hall–Kier alpha value is -1.18. The van der Waals surface area contributed by atoms with Gasteiger partial charge in [-0.15, -0.1) is 0 Å². The molecule has 2 unspecified atom stereocenters. The van der Waals surface area contributed by atoms with E-state index >= 15 is 0 Å². The number of carbonyl (C=O) groups is 1. The minimum absolute atomic E-state index is 0.100. The number of carbonyl (C=O) groups excluding carboxylic acids is 1. The molecular formula is C25H28Br3NO4Si. The maximum absolute atomic E-state index is 13.3. The molecule has 0 saturated heterocycles. The van der Waals surface area contributed by atoms with E-state index in [1.807, 2.05) is 44.2 Å². The smallest absolute Gasteiger partial charge is 0.311 e. The number of hydrogen-bond donors (Lipinski definition) is 0. The van der Waals surface area contributed by atoms with Gasteiger partial charge < -0.3 is 13.9 Å². The summed E-state index contributed by atoms with van der Waals surface area (Å²) in [5, 5.41) is 9.79. The van der Waals surface area contributed by atoms with Gasteiger partial charge >= 0.3 is 5.97 Å². The maximum atomic E-state index is 13.3. The average molecular weight is 674 g/mol. The Balaban J connectivity index is 1.76. The molecule has 5 nitrogen and oxygen atoms in total. The van der Waals surface area contributed by atoms with E-state index in [4.69, 9.17) is 13.9 Å². The second-order valence-electron chi connectivity index (χ2n) is 9.95. The fourth-order valence-electron chi connectivity index (χ4n) is 4.14. The van der Waals surface area contributed by atoms with Crippen molar-refractivity contribution in [2.45, 2.75) is 47.8 Å². The third kappa shape index (κ3) is 6.73. The predicted octanol–water partition coefficient (Wildman–Crippen LogP) is 7.92. The second kappa shape index (κ2) is 10.4. The van der Waals surface area contributed by atoms with Crippen LogP contribution in [0.5, 0.6) is 11.5 Å². The van der Waals surface area contributed by atoms with Gasteiger partial charge in [0.25, 0.3) is 0 Å². The molecule has 0 amide bonds. The number of ether oxygens (including phenoxy) is 2. The fraction of sp³-hybridized carbons (Fsp3) is 0.440. The molecule has 1 aliphatic carbocycles. The lowest BCUT2D eigenvalue weighted by Crippen LogP contribution is -2.41. The topological polar surface area (TPSA) is 68.6 Å². The molecule has 9 heteroatoms. The summed E-state index contributed by atoms with van der Waals surface area (Å²) in [5.74, 6) is 0.342. The van der Waals surface area contributed by atoms with Crippen LogP contribution in [0.3, 0.4) is 0 Å². The van der Waals surface area contributed by atoms with Crippen molar-refractivity contribution in [3.05, 3.63) is 60.2 Å². The standard InChI is InChI=1S/C25H28Br3NO4Si/c1-24(2)20(22(25(26,27)28)33-34(3,4)5)21(24)23(30)32-19(15-29)16-10-9-13-18(14-16)31-17-11-7-6-8-12-17/h6-14,19-22H,1-5H3/t19?,20-,21+,22?/m1/s1. The highest BCUT2D eigenvalue weighted by Crippen LogP contribution is 2.65. The zero-order valence-electron chi connectivity index (χ0n) is 19.7. The van der Waals surface area contributed by atoms with Gasteiger partial charge in [-0.25, -0.2) is 0 Å². The predicted molar refractivity (Wildman–Crippen MR) is 146 cm³/mol. The molecule has 0 aliphatic heterocycles. The molecule has 1 aliphatic rings. The molecule has 3 rings (SSSR count). The Morgan fingerprint density at radius 1 is 1.06 bits per heavy atom. The summed E-state index contributed by atoms with van der Waals surface area (Å²) in [6.07, 6.45) is -1.35. The number of nitrogens with zero attached hydrogens (tertiary/aromatic N) is 1. The quantitative estimate of drug-likeness (QED) is 0.162. The van der Waals surface area contributed by atoms with Crippen LogP contribution < -0.4 is 4.74 Å². The molecule has 0 N–H and O–H groups in total. The van der Waals surface area contributed by atoms with Crippen LogP contribution in [0.15, 0.2) is 54.6 Å². The molecule has 2 aromatic carbocycles. The molecule has 182 valence electrons. The molecule has 0 radical (unpaired) electrons. The maximum Gasteiger partial charge on any atom is 0.311 e. The van der Waals surface area contributed by atoms with Crippen LogP contribution in [0, 0.1) is 28.6 Å². The second-order valence-corrected chi connectivity index (χ2v) is 21.4. The lowest BCUT2D eigenvalue weighted by atomic mass is 10.1. The van der Waals surface area contributed by atoms with Crippen LogP contribution in [0.4, 0.5) is 0 Å². The minimum Gasteiger partial charge on any atom is -0.457 e. The molecule has 34 heavy (non-hydrogen) atoms. The van der Waals surface area contributed by atoms with Crippen molar-refractivity contribution in [3.8, 4) is 17.6 Å². The molecule has 2 aromatic rings. The molecule has 0 bridgehead atoms. The van der Waals surface area contributed by atoms with Gasteiger partial charge in [0.05, 0.1) is 12.0 Å². The van der Waals surface area contributed by atoms with Crippen LogP contribution in [-0.4, -0.2) is 22.5 Å². The third-order valence-corrected chi connectivity index (χ3v) is 8.10. The van der Waals surface area contributed by atoms with Crippen LogP contribution in [0.1, 0.15) is 25.5 Å². The van der Waals surface area contributed by atoms with Crippen molar-refractivity contribution in [3.63, 3.8) is 0 Å². The van der Waals surface area contributed by atoms with Crippen molar-refractivity contribution in [2.75, 3.05) is 0 Å². The molecule has 1 saturated carbocycles. The number of halogens is 3. The third-order valence-electron chi connectivity index (χ3n) is 5.78. The first-order valence-corrected chi connectivity index (χ1v) is 16.7. The summed E-state index contributed by atoms with van der Waals surface area (Å²) in [7, 11) is -1.92. The largest absolute Gasteiger partial charge is 0.457 e. The Morgan fingerprint density at radius 2 is 1.68 bits per heavy atom. The zero-order valence-corrected chi connectivity index (χ0v) is 25.5. The summed E-state index contributed by atoms with van der Waals surface area (Å²) in [5.41, 5.74) is 0.213. The highest BCUT2D eigenvalue weighted by Gasteiger charge is 2.69. The summed E-state index contributed by atoms with van der Waals surface area (Å²) in [4.78, 5) is 13.3. The molecule has 0 heterocycles.